The number of rotatable bonds is 1. The molecule has 3 N–H and O–H groups in total. The number of hydrogen-bond acceptors (Lipinski definition) is 7. The van der Waals surface area contributed by atoms with E-state index in [-0.39, 0.29) is 48.0 Å². The van der Waals surface area contributed by atoms with E-state index in [2.05, 4.69) is 35.9 Å². The lowest BCUT2D eigenvalue weighted by molar-refractivity contribution is -0.143. The van der Waals surface area contributed by atoms with Gasteiger partial charge in [-0.3, -0.25) is 14.4 Å². The fraction of sp³-hybridized carbons (Fsp3) is 0.808. The lowest BCUT2D eigenvalue weighted by Crippen LogP contribution is -2.58. The van der Waals surface area contributed by atoms with Crippen molar-refractivity contribution in [3.05, 3.63) is 0 Å². The van der Waals surface area contributed by atoms with Gasteiger partial charge in [0.25, 0.3) is 0 Å². The smallest absolute Gasteiger partial charge is 0.408 e. The van der Waals surface area contributed by atoms with Gasteiger partial charge in [0.15, 0.2) is 0 Å². The van der Waals surface area contributed by atoms with Crippen LogP contribution in [0.2, 0.25) is 0 Å². The molecule has 11 heteroatoms. The van der Waals surface area contributed by atoms with Gasteiger partial charge in [-0.25, -0.2) is 4.79 Å². The number of ether oxygens (including phenoxy) is 2. The topological polar surface area (TPSA) is 150 Å². The number of fused-ring (bicyclic) bond motifs is 4. The van der Waals surface area contributed by atoms with Crippen molar-refractivity contribution < 1.29 is 28.7 Å². The minimum Gasteiger partial charge on any atom is -0.444 e. The Balaban J connectivity index is 1.59. The number of amides is 4. The number of nitrogens with one attached hydrogen (secondary N) is 3. The lowest BCUT2D eigenvalue weighted by Gasteiger charge is -2.33. The first kappa shape index (κ1) is 27.2. The van der Waals surface area contributed by atoms with Crippen molar-refractivity contribution in [1.82, 2.24) is 20.9 Å². The molecule has 4 aliphatic rings. The fourth-order valence-electron chi connectivity index (χ4n) is 6.26. The highest BCUT2D eigenvalue weighted by molar-refractivity contribution is 5.93. The van der Waals surface area contributed by atoms with Crippen LogP contribution >= 0.6 is 0 Å². The van der Waals surface area contributed by atoms with Gasteiger partial charge in [0.05, 0.1) is 12.7 Å². The molecule has 4 fully saturated rings. The Hall–Kier alpha value is -2.87. The van der Waals surface area contributed by atoms with Gasteiger partial charge in [0.2, 0.25) is 17.7 Å². The van der Waals surface area contributed by atoms with E-state index in [0.717, 1.165) is 0 Å². The summed E-state index contributed by atoms with van der Waals surface area (Å²) < 4.78 is 11.2. The van der Waals surface area contributed by atoms with Crippen LogP contribution in [0.15, 0.2) is 0 Å². The van der Waals surface area contributed by atoms with E-state index in [9.17, 15) is 24.4 Å². The molecule has 0 unspecified atom stereocenters. The Morgan fingerprint density at radius 1 is 1.24 bits per heavy atom. The largest absolute Gasteiger partial charge is 0.444 e. The van der Waals surface area contributed by atoms with Gasteiger partial charge >= 0.3 is 6.09 Å². The molecule has 3 saturated heterocycles. The third-order valence-electron chi connectivity index (χ3n) is 8.30. The maximum atomic E-state index is 13.7. The van der Waals surface area contributed by atoms with Crippen LogP contribution in [0.1, 0.15) is 53.9 Å². The van der Waals surface area contributed by atoms with Crippen molar-refractivity contribution in [2.24, 2.45) is 29.1 Å². The molecule has 3 heterocycles. The van der Waals surface area contributed by atoms with Crippen molar-refractivity contribution in [2.45, 2.75) is 77.6 Å². The lowest BCUT2D eigenvalue weighted by atomic mass is 9.86. The molecule has 11 nitrogen and oxygen atoms in total. The summed E-state index contributed by atoms with van der Waals surface area (Å²) in [4.78, 5) is 53.8. The van der Waals surface area contributed by atoms with Crippen LogP contribution in [0.5, 0.6) is 0 Å². The molecule has 0 radical (unpaired) electrons. The van der Waals surface area contributed by atoms with E-state index in [4.69, 9.17) is 9.47 Å². The average molecular weight is 518 g/mol. The summed E-state index contributed by atoms with van der Waals surface area (Å²) in [5.74, 6) is -1.18. The maximum absolute atomic E-state index is 13.7. The quantitative estimate of drug-likeness (QED) is 0.468. The van der Waals surface area contributed by atoms with Crippen molar-refractivity contribution in [2.75, 3.05) is 26.3 Å². The summed E-state index contributed by atoms with van der Waals surface area (Å²) in [6.07, 6.45) is 0.833. The van der Waals surface area contributed by atoms with Crippen LogP contribution in [0.3, 0.4) is 0 Å². The highest BCUT2D eigenvalue weighted by Crippen LogP contribution is 2.64. The molecule has 1 aliphatic carbocycles. The molecule has 4 rings (SSSR count). The summed E-state index contributed by atoms with van der Waals surface area (Å²) >= 11 is 0. The Labute approximate surface area is 218 Å². The number of carbonyl (C=O) groups is 4. The van der Waals surface area contributed by atoms with Crippen molar-refractivity contribution in [3.8, 4) is 6.07 Å². The standard InChI is InChI=1S/C26H39N5O6/c1-25(2,3)37-24(35)30-18-13-36-8-6-7-14-11-28-21(32)16(14)9-15(10-27)29-22(33)20-19-17(26(19,4)5)12-31(20)23(18)34/h14-20H,6-9,11-13H2,1-5H3,(H,28,32)(H,29,33)(H,30,35)/t14-,15-,16-,17-,18-,19-,20-/m0/s1. The number of nitrogens with zero attached hydrogens (tertiary/aromatic N) is 2. The van der Waals surface area contributed by atoms with Crippen LogP contribution in [0, 0.1) is 40.4 Å². The molecule has 1 saturated carbocycles. The van der Waals surface area contributed by atoms with E-state index >= 15 is 0 Å². The van der Waals surface area contributed by atoms with E-state index in [1.807, 2.05) is 0 Å². The first-order chi connectivity index (χ1) is 17.3. The average Bonchev–Trinajstić information content (AvgIpc) is 3.12. The predicted octanol–water partition coefficient (Wildman–Crippen LogP) is 0.934. The van der Waals surface area contributed by atoms with E-state index in [0.29, 0.717) is 32.5 Å². The number of alkyl carbamates (subject to hydrolysis) is 1. The normalized spacial score (nSPS) is 35.9. The molecule has 3 aliphatic heterocycles. The molecule has 0 bridgehead atoms. The number of carbonyl (C=O) groups excluding carboxylic acids is 4. The highest BCUT2D eigenvalue weighted by atomic mass is 16.6. The predicted molar refractivity (Wildman–Crippen MR) is 132 cm³/mol. The second-order valence-corrected chi connectivity index (χ2v) is 12.3. The third-order valence-corrected chi connectivity index (χ3v) is 8.30. The molecular formula is C26H39N5O6. The van der Waals surface area contributed by atoms with Crippen LogP contribution in [-0.2, 0) is 23.9 Å². The summed E-state index contributed by atoms with van der Waals surface area (Å²) in [5.41, 5.74) is -0.865. The zero-order valence-corrected chi connectivity index (χ0v) is 22.3. The Morgan fingerprint density at radius 2 is 1.97 bits per heavy atom. The Morgan fingerprint density at radius 3 is 2.65 bits per heavy atom. The van der Waals surface area contributed by atoms with Crippen molar-refractivity contribution >= 4 is 23.8 Å². The van der Waals surface area contributed by atoms with Crippen molar-refractivity contribution in [3.63, 3.8) is 0 Å². The molecule has 7 atom stereocenters. The van der Waals surface area contributed by atoms with Gasteiger partial charge in [-0.15, -0.1) is 0 Å². The van der Waals surface area contributed by atoms with Gasteiger partial charge in [-0.2, -0.15) is 5.26 Å². The zero-order chi connectivity index (χ0) is 27.1. The van der Waals surface area contributed by atoms with Gasteiger partial charge in [-0.05, 0) is 63.2 Å². The minimum absolute atomic E-state index is 0.0287. The molecule has 0 aromatic carbocycles. The first-order valence-corrected chi connectivity index (χ1v) is 13.2. The van der Waals surface area contributed by atoms with E-state index in [1.54, 1.807) is 20.8 Å². The van der Waals surface area contributed by atoms with Gasteiger partial charge in [-0.1, -0.05) is 13.8 Å². The zero-order valence-electron chi connectivity index (χ0n) is 22.3. The van der Waals surface area contributed by atoms with Crippen LogP contribution in [-0.4, -0.2) is 78.7 Å². The minimum atomic E-state index is -1.02. The molecule has 4 amide bonds. The van der Waals surface area contributed by atoms with Crippen LogP contribution < -0.4 is 16.0 Å². The summed E-state index contributed by atoms with van der Waals surface area (Å²) in [6, 6.07) is -0.502. The van der Waals surface area contributed by atoms with Crippen LogP contribution in [0.25, 0.3) is 0 Å². The van der Waals surface area contributed by atoms with Crippen LogP contribution in [0.4, 0.5) is 4.79 Å². The molecule has 204 valence electrons. The van der Waals surface area contributed by atoms with Gasteiger partial charge in [0.1, 0.15) is 23.7 Å². The van der Waals surface area contributed by atoms with E-state index in [1.165, 1.54) is 4.90 Å². The second kappa shape index (κ2) is 10.1. The Kier molecular flexibility index (Phi) is 7.43. The van der Waals surface area contributed by atoms with Gasteiger partial charge in [0, 0.05) is 25.6 Å². The third kappa shape index (κ3) is 5.69. The molecule has 0 aromatic heterocycles. The summed E-state index contributed by atoms with van der Waals surface area (Å²) in [6.45, 7) is 10.5. The SMILES string of the molecule is CC(C)(C)OC(=O)N[C@H]1COCCC[C@H]2CNC(=O)[C@H]2C[C@@H](C#N)NC(=O)[C@@H]2[C@@H]3[C@H](CN2C1=O)C3(C)C. The number of piperidine rings is 1. The Bertz CT molecular complexity index is 985. The monoisotopic (exact) mass is 517 g/mol. The first-order valence-electron chi connectivity index (χ1n) is 13.2. The van der Waals surface area contributed by atoms with Crippen molar-refractivity contribution in [1.29, 1.82) is 5.26 Å². The molecular weight excluding hydrogens is 478 g/mol. The summed E-state index contributed by atoms with van der Waals surface area (Å²) in [5, 5.41) is 18.2. The highest BCUT2D eigenvalue weighted by Gasteiger charge is 2.69. The second-order valence-electron chi connectivity index (χ2n) is 12.3. The van der Waals surface area contributed by atoms with E-state index < -0.39 is 41.6 Å². The molecule has 0 spiro atoms. The number of nitriles is 1. The van der Waals surface area contributed by atoms with Gasteiger partial charge < -0.3 is 30.3 Å². The maximum Gasteiger partial charge on any atom is 0.408 e. The molecule has 0 aromatic rings. The fourth-order valence-corrected chi connectivity index (χ4v) is 6.26. The summed E-state index contributed by atoms with van der Waals surface area (Å²) in [7, 11) is 0. The number of hydrogen-bond donors (Lipinski definition) is 3. The molecule has 37 heavy (non-hydrogen) atoms.